The lowest BCUT2D eigenvalue weighted by atomic mass is 10.2. The molecular weight excluding hydrogens is 276 g/mol. The van der Waals surface area contributed by atoms with Gasteiger partial charge in [-0.25, -0.2) is 0 Å². The molecule has 1 aromatic heterocycles. The molecule has 0 fully saturated rings. The average Bonchev–Trinajstić information content (AvgIpc) is 2.33. The second kappa shape index (κ2) is 5.32. The van der Waals surface area contributed by atoms with E-state index >= 15 is 0 Å². The summed E-state index contributed by atoms with van der Waals surface area (Å²) in [4.78, 5) is 4.27. The van der Waals surface area contributed by atoms with Crippen LogP contribution in [0.4, 0.5) is 5.69 Å². The summed E-state index contributed by atoms with van der Waals surface area (Å²) in [6.45, 7) is 4.87. The fraction of sp³-hybridized carbons (Fsp3) is 0.214. The van der Waals surface area contributed by atoms with Gasteiger partial charge in [0.15, 0.2) is 0 Å². The van der Waals surface area contributed by atoms with E-state index in [1.54, 1.807) is 0 Å². The zero-order chi connectivity index (χ0) is 12.3. The van der Waals surface area contributed by atoms with Gasteiger partial charge in [-0.3, -0.25) is 4.98 Å². The molecule has 2 nitrogen and oxygen atoms in total. The maximum Gasteiger partial charge on any atom is 0.0416 e. The summed E-state index contributed by atoms with van der Waals surface area (Å²) >= 11 is 3.53. The van der Waals surface area contributed by atoms with Gasteiger partial charge in [-0.05, 0) is 43.2 Å². The number of nitrogens with zero attached hydrogens (tertiary/aromatic N) is 1. The van der Waals surface area contributed by atoms with Crippen molar-refractivity contribution in [3.63, 3.8) is 0 Å². The summed E-state index contributed by atoms with van der Waals surface area (Å²) in [6, 6.07) is 10.4. The second-order valence-electron chi connectivity index (χ2n) is 4.13. The largest absolute Gasteiger partial charge is 0.381 e. The quantitative estimate of drug-likeness (QED) is 0.922. The number of rotatable bonds is 3. The molecule has 0 amide bonds. The van der Waals surface area contributed by atoms with Crippen LogP contribution in [0.25, 0.3) is 0 Å². The fourth-order valence-electron chi connectivity index (χ4n) is 1.51. The highest BCUT2D eigenvalue weighted by atomic mass is 79.9. The topological polar surface area (TPSA) is 24.9 Å². The summed E-state index contributed by atoms with van der Waals surface area (Å²) in [7, 11) is 0. The van der Waals surface area contributed by atoms with Crippen LogP contribution in [0.5, 0.6) is 0 Å². The molecule has 0 aliphatic carbocycles. The van der Waals surface area contributed by atoms with Gasteiger partial charge in [0.05, 0.1) is 0 Å². The van der Waals surface area contributed by atoms with Crippen LogP contribution in [0.1, 0.15) is 16.8 Å². The standard InChI is InChI=1S/C14H15BrN2/c1-10-3-6-13(7-14(10)15)17-9-12-5-4-11(2)16-8-12/h3-8,17H,9H2,1-2H3. The highest BCUT2D eigenvalue weighted by molar-refractivity contribution is 9.10. The first-order chi connectivity index (χ1) is 8.15. The number of benzene rings is 1. The summed E-state index contributed by atoms with van der Waals surface area (Å²) in [5.74, 6) is 0. The smallest absolute Gasteiger partial charge is 0.0416 e. The third-order valence-corrected chi connectivity index (χ3v) is 3.50. The maximum absolute atomic E-state index is 4.27. The highest BCUT2D eigenvalue weighted by Crippen LogP contribution is 2.20. The van der Waals surface area contributed by atoms with E-state index < -0.39 is 0 Å². The summed E-state index contributed by atoms with van der Waals surface area (Å²) in [6.07, 6.45) is 1.91. The van der Waals surface area contributed by atoms with Crippen LogP contribution in [-0.2, 0) is 6.54 Å². The molecule has 88 valence electrons. The SMILES string of the molecule is Cc1ccc(CNc2ccc(C)c(Br)c2)cn1. The van der Waals surface area contributed by atoms with E-state index in [9.17, 15) is 0 Å². The van der Waals surface area contributed by atoms with Gasteiger partial charge < -0.3 is 5.32 Å². The van der Waals surface area contributed by atoms with Crippen molar-refractivity contribution < 1.29 is 0 Å². The molecule has 17 heavy (non-hydrogen) atoms. The lowest BCUT2D eigenvalue weighted by Gasteiger charge is -2.08. The molecule has 1 N–H and O–H groups in total. The number of aromatic nitrogens is 1. The van der Waals surface area contributed by atoms with Crippen LogP contribution < -0.4 is 5.32 Å². The van der Waals surface area contributed by atoms with Gasteiger partial charge in [0.25, 0.3) is 0 Å². The zero-order valence-electron chi connectivity index (χ0n) is 10.00. The first-order valence-corrected chi connectivity index (χ1v) is 6.36. The zero-order valence-corrected chi connectivity index (χ0v) is 11.6. The molecule has 0 aliphatic rings. The van der Waals surface area contributed by atoms with Crippen LogP contribution in [-0.4, -0.2) is 4.98 Å². The van der Waals surface area contributed by atoms with E-state index in [2.05, 4.69) is 57.4 Å². The van der Waals surface area contributed by atoms with Crippen LogP contribution in [0.3, 0.4) is 0 Å². The number of nitrogens with one attached hydrogen (secondary N) is 1. The normalized spacial score (nSPS) is 10.3. The summed E-state index contributed by atoms with van der Waals surface area (Å²) in [5, 5.41) is 3.38. The number of hydrogen-bond donors (Lipinski definition) is 1. The molecule has 1 heterocycles. The van der Waals surface area contributed by atoms with Gasteiger partial charge >= 0.3 is 0 Å². The van der Waals surface area contributed by atoms with Crippen molar-refractivity contribution in [1.29, 1.82) is 0 Å². The molecule has 0 radical (unpaired) electrons. The minimum Gasteiger partial charge on any atom is -0.381 e. The Morgan fingerprint density at radius 1 is 1.18 bits per heavy atom. The summed E-state index contributed by atoms with van der Waals surface area (Å²) in [5.41, 5.74) is 4.59. The van der Waals surface area contributed by atoms with Crippen molar-refractivity contribution in [2.75, 3.05) is 5.32 Å². The molecule has 0 saturated carbocycles. The van der Waals surface area contributed by atoms with Crippen molar-refractivity contribution in [1.82, 2.24) is 4.98 Å². The Balaban J connectivity index is 2.02. The molecule has 0 aliphatic heterocycles. The average molecular weight is 291 g/mol. The second-order valence-corrected chi connectivity index (χ2v) is 4.98. The van der Waals surface area contributed by atoms with Crippen molar-refractivity contribution in [2.24, 2.45) is 0 Å². The van der Waals surface area contributed by atoms with Crippen LogP contribution in [0.15, 0.2) is 41.0 Å². The Morgan fingerprint density at radius 3 is 2.65 bits per heavy atom. The number of hydrogen-bond acceptors (Lipinski definition) is 2. The Hall–Kier alpha value is -1.35. The van der Waals surface area contributed by atoms with Gasteiger partial charge in [-0.2, -0.15) is 0 Å². The van der Waals surface area contributed by atoms with Gasteiger partial charge in [0.1, 0.15) is 0 Å². The lowest BCUT2D eigenvalue weighted by Crippen LogP contribution is -2.00. The molecule has 0 spiro atoms. The van der Waals surface area contributed by atoms with E-state index in [1.807, 2.05) is 19.2 Å². The predicted octanol–water partition coefficient (Wildman–Crippen LogP) is 4.07. The molecule has 0 bridgehead atoms. The molecule has 1 aromatic carbocycles. The van der Waals surface area contributed by atoms with Crippen molar-refractivity contribution in [2.45, 2.75) is 20.4 Å². The Kier molecular flexibility index (Phi) is 3.79. The third-order valence-electron chi connectivity index (χ3n) is 2.64. The van der Waals surface area contributed by atoms with Crippen LogP contribution in [0.2, 0.25) is 0 Å². The number of pyridine rings is 1. The van der Waals surface area contributed by atoms with E-state index in [0.29, 0.717) is 0 Å². The van der Waals surface area contributed by atoms with Gasteiger partial charge in [-0.15, -0.1) is 0 Å². The van der Waals surface area contributed by atoms with Crippen molar-refractivity contribution in [3.05, 3.63) is 57.8 Å². The number of aryl methyl sites for hydroxylation is 2. The van der Waals surface area contributed by atoms with E-state index in [0.717, 1.165) is 22.4 Å². The van der Waals surface area contributed by atoms with E-state index in [4.69, 9.17) is 0 Å². The first-order valence-electron chi connectivity index (χ1n) is 5.57. The van der Waals surface area contributed by atoms with Crippen LogP contribution >= 0.6 is 15.9 Å². The van der Waals surface area contributed by atoms with Crippen molar-refractivity contribution in [3.8, 4) is 0 Å². The molecule has 2 rings (SSSR count). The molecule has 2 aromatic rings. The first kappa shape index (κ1) is 12.1. The Morgan fingerprint density at radius 2 is 2.00 bits per heavy atom. The molecule has 0 saturated heterocycles. The molecule has 3 heteroatoms. The third kappa shape index (κ3) is 3.30. The highest BCUT2D eigenvalue weighted by Gasteiger charge is 1.98. The summed E-state index contributed by atoms with van der Waals surface area (Å²) < 4.78 is 1.13. The minimum absolute atomic E-state index is 0.794. The Labute approximate surface area is 110 Å². The van der Waals surface area contributed by atoms with E-state index in [1.165, 1.54) is 11.1 Å². The molecule has 0 unspecified atom stereocenters. The fourth-order valence-corrected chi connectivity index (χ4v) is 1.89. The predicted molar refractivity (Wildman–Crippen MR) is 75.2 cm³/mol. The van der Waals surface area contributed by atoms with Gasteiger partial charge in [0, 0.05) is 28.6 Å². The molecular formula is C14H15BrN2. The number of anilines is 1. The molecule has 0 atom stereocenters. The van der Waals surface area contributed by atoms with Gasteiger partial charge in [0.2, 0.25) is 0 Å². The van der Waals surface area contributed by atoms with Crippen molar-refractivity contribution >= 4 is 21.6 Å². The maximum atomic E-state index is 4.27. The van der Waals surface area contributed by atoms with Gasteiger partial charge in [-0.1, -0.05) is 28.1 Å². The van der Waals surface area contributed by atoms with Crippen LogP contribution in [0, 0.1) is 13.8 Å². The monoisotopic (exact) mass is 290 g/mol. The lowest BCUT2D eigenvalue weighted by molar-refractivity contribution is 1.08. The van der Waals surface area contributed by atoms with E-state index in [-0.39, 0.29) is 0 Å². The number of halogens is 1. The minimum atomic E-state index is 0.794. The Bertz CT molecular complexity index is 506.